The van der Waals surface area contributed by atoms with E-state index in [1.54, 1.807) is 6.07 Å². The second-order valence-corrected chi connectivity index (χ2v) is 4.66. The zero-order valence-electron chi connectivity index (χ0n) is 12.6. The molecule has 24 heavy (non-hydrogen) atoms. The Bertz CT molecular complexity index is 835. The van der Waals surface area contributed by atoms with E-state index in [1.807, 2.05) is 0 Å². The van der Waals surface area contributed by atoms with Gasteiger partial charge in [0.2, 0.25) is 0 Å². The lowest BCUT2D eigenvalue weighted by molar-refractivity contribution is -0.138. The maximum absolute atomic E-state index is 13.1. The van der Waals surface area contributed by atoms with Gasteiger partial charge in [0.05, 0.1) is 31.0 Å². The number of hydrogen-bond donors (Lipinski definition) is 1. The van der Waals surface area contributed by atoms with Crippen molar-refractivity contribution in [2.45, 2.75) is 6.18 Å². The molecule has 2 aromatic rings. The van der Waals surface area contributed by atoms with Crippen molar-refractivity contribution in [3.8, 4) is 17.5 Å². The highest BCUT2D eigenvalue weighted by atomic mass is 19.4. The van der Waals surface area contributed by atoms with Crippen LogP contribution in [0.3, 0.4) is 0 Å². The fourth-order valence-electron chi connectivity index (χ4n) is 2.19. The molecule has 0 radical (unpaired) electrons. The fourth-order valence-corrected chi connectivity index (χ4v) is 2.19. The third kappa shape index (κ3) is 2.86. The number of halogens is 3. The third-order valence-corrected chi connectivity index (χ3v) is 3.31. The number of carbonyl (C=O) groups excluding carboxylic acids is 1. The van der Waals surface area contributed by atoms with E-state index in [1.165, 1.54) is 12.3 Å². The first-order valence-corrected chi connectivity index (χ1v) is 6.49. The van der Waals surface area contributed by atoms with Crippen molar-refractivity contribution in [3.05, 3.63) is 41.2 Å². The number of benzene rings is 1. The second kappa shape index (κ2) is 6.16. The van der Waals surface area contributed by atoms with E-state index in [2.05, 4.69) is 4.74 Å². The van der Waals surface area contributed by atoms with E-state index >= 15 is 0 Å². The van der Waals surface area contributed by atoms with Crippen LogP contribution in [0.2, 0.25) is 0 Å². The Labute approximate surface area is 134 Å². The summed E-state index contributed by atoms with van der Waals surface area (Å²) in [7, 11) is 2.21. The van der Waals surface area contributed by atoms with Crippen LogP contribution in [0, 0.1) is 11.3 Å². The van der Waals surface area contributed by atoms with Gasteiger partial charge in [0.15, 0.2) is 5.69 Å². The zero-order chi connectivity index (χ0) is 18.1. The molecule has 2 N–H and O–H groups in total. The van der Waals surface area contributed by atoms with Crippen LogP contribution >= 0.6 is 0 Å². The predicted octanol–water partition coefficient (Wildman–Crippen LogP) is 2.75. The van der Waals surface area contributed by atoms with Gasteiger partial charge in [-0.1, -0.05) is 0 Å². The number of nitriles is 1. The van der Waals surface area contributed by atoms with E-state index in [-0.39, 0.29) is 28.4 Å². The molecule has 1 aromatic carbocycles. The molecule has 0 saturated heterocycles. The smallest absolute Gasteiger partial charge is 0.420 e. The van der Waals surface area contributed by atoms with Gasteiger partial charge in [-0.2, -0.15) is 18.4 Å². The molecule has 0 unspecified atom stereocenters. The lowest BCUT2D eigenvalue weighted by Gasteiger charge is -2.15. The summed E-state index contributed by atoms with van der Waals surface area (Å²) in [5.74, 6) is -1.25. The first-order valence-electron chi connectivity index (χ1n) is 6.49. The van der Waals surface area contributed by atoms with E-state index < -0.39 is 17.7 Å². The molecule has 0 bridgehead atoms. The van der Waals surface area contributed by atoms with Gasteiger partial charge in [0.25, 0.3) is 0 Å². The van der Waals surface area contributed by atoms with Crippen molar-refractivity contribution >= 4 is 11.7 Å². The summed E-state index contributed by atoms with van der Waals surface area (Å²) in [4.78, 5) is 11.9. The maximum atomic E-state index is 13.1. The minimum atomic E-state index is -4.66. The Morgan fingerprint density at radius 1 is 1.33 bits per heavy atom. The topological polar surface area (TPSA) is 90.3 Å². The van der Waals surface area contributed by atoms with Crippen molar-refractivity contribution in [1.29, 1.82) is 5.26 Å². The molecule has 1 aromatic heterocycles. The van der Waals surface area contributed by atoms with Crippen LogP contribution < -0.4 is 10.5 Å². The van der Waals surface area contributed by atoms with Gasteiger partial charge in [0, 0.05) is 11.9 Å². The lowest BCUT2D eigenvalue weighted by Crippen LogP contribution is -2.13. The Kier molecular flexibility index (Phi) is 4.41. The van der Waals surface area contributed by atoms with Gasteiger partial charge >= 0.3 is 12.1 Å². The number of nitrogens with two attached hydrogens (primary N) is 1. The molecule has 0 amide bonds. The second-order valence-electron chi connectivity index (χ2n) is 4.66. The quantitative estimate of drug-likeness (QED) is 0.869. The number of hydrogen-bond acceptors (Lipinski definition) is 5. The van der Waals surface area contributed by atoms with Gasteiger partial charge in [0.1, 0.15) is 11.8 Å². The molecule has 1 heterocycles. The molecule has 9 heteroatoms. The number of alkyl halides is 3. The molecule has 0 aliphatic heterocycles. The molecule has 0 fully saturated rings. The number of ether oxygens (including phenoxy) is 2. The molecular weight excluding hydrogens is 327 g/mol. The minimum absolute atomic E-state index is 0.0169. The Hall–Kier alpha value is -3.15. The average Bonchev–Trinajstić information content (AvgIpc) is 2.89. The third-order valence-electron chi connectivity index (χ3n) is 3.31. The highest BCUT2D eigenvalue weighted by molar-refractivity contribution is 5.96. The van der Waals surface area contributed by atoms with Crippen LogP contribution in [0.15, 0.2) is 24.4 Å². The first kappa shape index (κ1) is 17.2. The number of rotatable bonds is 3. The summed E-state index contributed by atoms with van der Waals surface area (Å²) in [5, 5.41) is 9.03. The van der Waals surface area contributed by atoms with E-state index in [0.717, 1.165) is 30.9 Å². The van der Waals surface area contributed by atoms with Crippen LogP contribution in [-0.4, -0.2) is 24.8 Å². The van der Waals surface area contributed by atoms with Crippen LogP contribution in [0.1, 0.15) is 21.6 Å². The minimum Gasteiger partial charge on any atom is -0.496 e. The molecular formula is C15H12F3N3O3. The highest BCUT2D eigenvalue weighted by Crippen LogP contribution is 2.38. The number of nitrogen functional groups attached to an aromatic ring is 1. The predicted molar refractivity (Wildman–Crippen MR) is 77.8 cm³/mol. The highest BCUT2D eigenvalue weighted by Gasteiger charge is 2.35. The summed E-state index contributed by atoms with van der Waals surface area (Å²) in [6, 6.07) is 4.99. The molecule has 0 saturated carbocycles. The summed E-state index contributed by atoms with van der Waals surface area (Å²) in [6.45, 7) is 0. The van der Waals surface area contributed by atoms with Crippen molar-refractivity contribution in [3.63, 3.8) is 0 Å². The summed E-state index contributed by atoms with van der Waals surface area (Å²) in [5.41, 5.74) is 4.22. The summed E-state index contributed by atoms with van der Waals surface area (Å²) >= 11 is 0. The number of esters is 1. The van der Waals surface area contributed by atoms with Gasteiger partial charge in [-0.25, -0.2) is 4.79 Å². The van der Waals surface area contributed by atoms with Gasteiger partial charge in [-0.15, -0.1) is 0 Å². The van der Waals surface area contributed by atoms with Gasteiger partial charge in [-0.3, -0.25) is 0 Å². The van der Waals surface area contributed by atoms with Crippen molar-refractivity contribution < 1.29 is 27.4 Å². The molecule has 0 aliphatic carbocycles. The molecule has 6 nitrogen and oxygen atoms in total. The zero-order valence-corrected chi connectivity index (χ0v) is 12.6. The number of methoxy groups -OCH3 is 2. The monoisotopic (exact) mass is 339 g/mol. The fraction of sp³-hybridized carbons (Fsp3) is 0.200. The van der Waals surface area contributed by atoms with E-state index in [0.29, 0.717) is 0 Å². The van der Waals surface area contributed by atoms with Gasteiger partial charge < -0.3 is 19.8 Å². The Morgan fingerprint density at radius 3 is 2.50 bits per heavy atom. The number of anilines is 1. The van der Waals surface area contributed by atoms with E-state index in [4.69, 9.17) is 15.7 Å². The Balaban J connectivity index is 2.74. The molecule has 0 spiro atoms. The molecule has 2 rings (SSSR count). The van der Waals surface area contributed by atoms with Gasteiger partial charge in [-0.05, 0) is 18.2 Å². The molecule has 0 aliphatic rings. The van der Waals surface area contributed by atoms with Crippen LogP contribution in [0.4, 0.5) is 18.9 Å². The molecule has 0 atom stereocenters. The van der Waals surface area contributed by atoms with Crippen molar-refractivity contribution in [1.82, 2.24) is 4.57 Å². The van der Waals surface area contributed by atoms with Crippen molar-refractivity contribution in [2.75, 3.05) is 20.0 Å². The van der Waals surface area contributed by atoms with Crippen molar-refractivity contribution in [2.24, 2.45) is 0 Å². The molecule has 126 valence electrons. The number of aromatic nitrogens is 1. The average molecular weight is 339 g/mol. The summed E-state index contributed by atoms with van der Waals surface area (Å²) < 4.78 is 49.8. The standard InChI is InChI=1S/C15H12F3N3O3/c1-23-11-4-3-9(5-10(11)15(16,17)18)21-7-8(6-19)12(20)13(21)14(22)24-2/h3-5,7H,20H2,1-2H3. The SMILES string of the molecule is COC(=O)c1c(N)c(C#N)cn1-c1ccc(OC)c(C(F)(F)F)c1. The van der Waals surface area contributed by atoms with Crippen LogP contribution in [0.5, 0.6) is 5.75 Å². The Morgan fingerprint density at radius 2 is 2.00 bits per heavy atom. The van der Waals surface area contributed by atoms with Crippen LogP contribution in [-0.2, 0) is 10.9 Å². The maximum Gasteiger partial charge on any atom is 0.420 e. The number of nitrogens with zero attached hydrogens (tertiary/aromatic N) is 2. The normalized spacial score (nSPS) is 11.0. The van der Waals surface area contributed by atoms with E-state index in [9.17, 15) is 18.0 Å². The summed E-state index contributed by atoms with van der Waals surface area (Å²) in [6.07, 6.45) is -3.49. The number of carbonyl (C=O) groups is 1. The van der Waals surface area contributed by atoms with Crippen LogP contribution in [0.25, 0.3) is 5.69 Å². The first-order chi connectivity index (χ1) is 11.2. The lowest BCUT2D eigenvalue weighted by atomic mass is 10.1. The largest absolute Gasteiger partial charge is 0.496 e.